The van der Waals surface area contributed by atoms with E-state index in [1.807, 2.05) is 24.3 Å². The lowest BCUT2D eigenvalue weighted by Crippen LogP contribution is -2.37. The SMILES string of the molecule is CCNC1CCCC1S(=O)c1ccc(OC)cc1. The van der Waals surface area contributed by atoms with Crippen molar-refractivity contribution in [1.29, 1.82) is 0 Å². The highest BCUT2D eigenvalue weighted by atomic mass is 32.2. The fourth-order valence-corrected chi connectivity index (χ4v) is 4.23. The molecule has 100 valence electrons. The number of ether oxygens (including phenoxy) is 1. The average molecular weight is 267 g/mol. The van der Waals surface area contributed by atoms with Gasteiger partial charge in [0, 0.05) is 10.9 Å². The van der Waals surface area contributed by atoms with E-state index in [0.717, 1.165) is 30.0 Å². The summed E-state index contributed by atoms with van der Waals surface area (Å²) in [4.78, 5) is 0.908. The minimum atomic E-state index is -0.919. The Morgan fingerprint density at radius 3 is 2.67 bits per heavy atom. The van der Waals surface area contributed by atoms with Gasteiger partial charge in [0.1, 0.15) is 5.75 Å². The molecule has 1 aliphatic carbocycles. The van der Waals surface area contributed by atoms with Crippen LogP contribution in [0.25, 0.3) is 0 Å². The summed E-state index contributed by atoms with van der Waals surface area (Å²) in [7, 11) is 0.724. The van der Waals surface area contributed by atoms with Crippen molar-refractivity contribution >= 4 is 10.8 Å². The van der Waals surface area contributed by atoms with Gasteiger partial charge in [-0.2, -0.15) is 0 Å². The Morgan fingerprint density at radius 1 is 1.33 bits per heavy atom. The highest BCUT2D eigenvalue weighted by molar-refractivity contribution is 7.85. The minimum Gasteiger partial charge on any atom is -0.497 e. The van der Waals surface area contributed by atoms with Crippen molar-refractivity contribution < 1.29 is 8.95 Å². The van der Waals surface area contributed by atoms with E-state index < -0.39 is 10.8 Å². The first kappa shape index (κ1) is 13.6. The standard InChI is InChI=1S/C14H21NO2S/c1-3-15-13-5-4-6-14(13)18(16)12-9-7-11(17-2)8-10-12/h7-10,13-15H,3-6H2,1-2H3. The van der Waals surface area contributed by atoms with Crippen molar-refractivity contribution in [2.24, 2.45) is 0 Å². The van der Waals surface area contributed by atoms with Gasteiger partial charge in [-0.15, -0.1) is 0 Å². The second-order valence-electron chi connectivity index (χ2n) is 4.61. The second-order valence-corrected chi connectivity index (χ2v) is 6.28. The first-order valence-corrected chi connectivity index (χ1v) is 7.75. The maximum absolute atomic E-state index is 12.6. The highest BCUT2D eigenvalue weighted by Crippen LogP contribution is 2.28. The van der Waals surface area contributed by atoms with Crippen molar-refractivity contribution in [2.75, 3.05) is 13.7 Å². The molecule has 1 N–H and O–H groups in total. The van der Waals surface area contributed by atoms with Crippen molar-refractivity contribution in [3.63, 3.8) is 0 Å². The van der Waals surface area contributed by atoms with E-state index in [9.17, 15) is 4.21 Å². The summed E-state index contributed by atoms with van der Waals surface area (Å²) < 4.78 is 17.7. The number of methoxy groups -OCH3 is 1. The fraction of sp³-hybridized carbons (Fsp3) is 0.571. The molecule has 0 aliphatic heterocycles. The van der Waals surface area contributed by atoms with Gasteiger partial charge < -0.3 is 10.1 Å². The smallest absolute Gasteiger partial charge is 0.118 e. The molecule has 1 fully saturated rings. The van der Waals surface area contributed by atoms with Crippen LogP contribution in [0.4, 0.5) is 0 Å². The zero-order valence-electron chi connectivity index (χ0n) is 11.0. The highest BCUT2D eigenvalue weighted by Gasteiger charge is 2.31. The zero-order valence-corrected chi connectivity index (χ0v) is 11.8. The van der Waals surface area contributed by atoms with Gasteiger partial charge in [0.25, 0.3) is 0 Å². The maximum Gasteiger partial charge on any atom is 0.118 e. The second kappa shape index (κ2) is 6.34. The molecule has 3 nitrogen and oxygen atoms in total. The lowest BCUT2D eigenvalue weighted by Gasteiger charge is -2.19. The number of nitrogens with one attached hydrogen (secondary N) is 1. The molecule has 2 rings (SSSR count). The third-order valence-corrected chi connectivity index (χ3v) is 5.34. The van der Waals surface area contributed by atoms with Crippen molar-refractivity contribution in [1.82, 2.24) is 5.32 Å². The Bertz CT molecular complexity index is 405. The van der Waals surface area contributed by atoms with E-state index >= 15 is 0 Å². The summed E-state index contributed by atoms with van der Waals surface area (Å²) in [6.07, 6.45) is 3.36. The van der Waals surface area contributed by atoms with E-state index in [1.165, 1.54) is 6.42 Å². The summed E-state index contributed by atoms with van der Waals surface area (Å²) in [5, 5.41) is 3.70. The van der Waals surface area contributed by atoms with Crippen LogP contribution < -0.4 is 10.1 Å². The molecule has 1 aliphatic rings. The van der Waals surface area contributed by atoms with Crippen LogP contribution in [-0.2, 0) is 10.8 Å². The van der Waals surface area contributed by atoms with Gasteiger partial charge >= 0.3 is 0 Å². The van der Waals surface area contributed by atoms with E-state index in [2.05, 4.69) is 12.2 Å². The quantitative estimate of drug-likeness (QED) is 0.890. The van der Waals surface area contributed by atoms with Crippen LogP contribution in [0.2, 0.25) is 0 Å². The van der Waals surface area contributed by atoms with Crippen LogP contribution in [-0.4, -0.2) is 29.2 Å². The van der Waals surface area contributed by atoms with Gasteiger partial charge in [-0.1, -0.05) is 13.3 Å². The Morgan fingerprint density at radius 2 is 2.06 bits per heavy atom. The van der Waals surface area contributed by atoms with Crippen LogP contribution in [0.15, 0.2) is 29.2 Å². The first-order chi connectivity index (χ1) is 8.76. The summed E-state index contributed by atoms with van der Waals surface area (Å²) in [5.74, 6) is 0.811. The predicted octanol–water partition coefficient (Wildman–Crippen LogP) is 2.33. The van der Waals surface area contributed by atoms with Crippen LogP contribution in [0, 0.1) is 0 Å². The van der Waals surface area contributed by atoms with Crippen LogP contribution in [0.1, 0.15) is 26.2 Å². The van der Waals surface area contributed by atoms with E-state index in [1.54, 1.807) is 7.11 Å². The van der Waals surface area contributed by atoms with Gasteiger partial charge in [0.05, 0.1) is 23.2 Å². The molecular weight excluding hydrogens is 246 g/mol. The number of benzene rings is 1. The van der Waals surface area contributed by atoms with Crippen LogP contribution in [0.5, 0.6) is 5.75 Å². The van der Waals surface area contributed by atoms with Crippen molar-refractivity contribution in [3.8, 4) is 5.75 Å². The molecule has 0 heterocycles. The van der Waals surface area contributed by atoms with Crippen LogP contribution >= 0.6 is 0 Å². The predicted molar refractivity (Wildman–Crippen MR) is 74.5 cm³/mol. The minimum absolute atomic E-state index is 0.248. The van der Waals surface area contributed by atoms with Crippen LogP contribution in [0.3, 0.4) is 0 Å². The topological polar surface area (TPSA) is 38.3 Å². The molecule has 1 aromatic carbocycles. The third-order valence-electron chi connectivity index (χ3n) is 3.49. The molecular formula is C14H21NO2S. The summed E-state index contributed by atoms with van der Waals surface area (Å²) in [6.45, 7) is 3.05. The Kier molecular flexibility index (Phi) is 4.78. The van der Waals surface area contributed by atoms with E-state index in [4.69, 9.17) is 4.74 Å². The number of hydrogen-bond donors (Lipinski definition) is 1. The molecule has 3 unspecified atom stereocenters. The molecule has 1 saturated carbocycles. The van der Waals surface area contributed by atoms with E-state index in [0.29, 0.717) is 6.04 Å². The van der Waals surface area contributed by atoms with Gasteiger partial charge in [-0.05, 0) is 43.7 Å². The summed E-state index contributed by atoms with van der Waals surface area (Å²) in [5.41, 5.74) is 0. The molecule has 18 heavy (non-hydrogen) atoms. The van der Waals surface area contributed by atoms with Gasteiger partial charge in [0.2, 0.25) is 0 Å². The molecule has 3 atom stereocenters. The zero-order chi connectivity index (χ0) is 13.0. The number of hydrogen-bond acceptors (Lipinski definition) is 3. The molecule has 0 bridgehead atoms. The molecule has 0 aromatic heterocycles. The van der Waals surface area contributed by atoms with Gasteiger partial charge in [-0.25, -0.2) is 0 Å². The average Bonchev–Trinajstić information content (AvgIpc) is 2.87. The Balaban J connectivity index is 2.09. The van der Waals surface area contributed by atoms with Crippen molar-refractivity contribution in [3.05, 3.63) is 24.3 Å². The summed E-state index contributed by atoms with van der Waals surface area (Å²) >= 11 is 0. The normalized spacial score (nSPS) is 25.0. The van der Waals surface area contributed by atoms with Gasteiger partial charge in [-0.3, -0.25) is 4.21 Å². The first-order valence-electron chi connectivity index (χ1n) is 6.54. The lowest BCUT2D eigenvalue weighted by molar-refractivity contribution is 0.414. The summed E-state index contributed by atoms with van der Waals surface area (Å²) in [6, 6.07) is 7.99. The fourth-order valence-electron chi connectivity index (χ4n) is 2.56. The molecule has 0 spiro atoms. The molecule has 1 aromatic rings. The maximum atomic E-state index is 12.6. The molecule has 0 radical (unpaired) electrons. The van der Waals surface area contributed by atoms with Crippen molar-refractivity contribution in [2.45, 2.75) is 42.4 Å². The third kappa shape index (κ3) is 2.93. The number of rotatable bonds is 5. The molecule has 0 saturated heterocycles. The lowest BCUT2D eigenvalue weighted by atomic mass is 10.2. The monoisotopic (exact) mass is 267 g/mol. The van der Waals surface area contributed by atoms with Gasteiger partial charge in [0.15, 0.2) is 0 Å². The Hall–Kier alpha value is -0.870. The molecule has 4 heteroatoms. The molecule has 0 amide bonds. The largest absolute Gasteiger partial charge is 0.497 e. The Labute approximate surface area is 111 Å². The van der Waals surface area contributed by atoms with E-state index in [-0.39, 0.29) is 5.25 Å².